The van der Waals surface area contributed by atoms with Crippen molar-refractivity contribution >= 4 is 11.1 Å². The molecule has 0 aromatic carbocycles. The second kappa shape index (κ2) is 5.69. The normalized spacial score (nSPS) is 12.3. The molecule has 4 heteroatoms. The molecule has 1 atom stereocenters. The average molecular weight is 144 g/mol. The molecule has 2 nitrogen and oxygen atoms in total. The maximum absolute atomic E-state index is 9.37. The summed E-state index contributed by atoms with van der Waals surface area (Å²) in [4.78, 5) is 0. The molecule has 0 N–H and O–H groups in total. The van der Waals surface area contributed by atoms with Gasteiger partial charge in [-0.1, -0.05) is 18.0 Å². The van der Waals surface area contributed by atoms with E-state index in [2.05, 4.69) is 0 Å². The topological polar surface area (TPSA) is 40.1 Å². The summed E-state index contributed by atoms with van der Waals surface area (Å²) in [5, 5.41) is 0. The Hall–Kier alpha value is 0.694. The van der Waals surface area contributed by atoms with Gasteiger partial charge in [0.05, 0.1) is 0 Å². The van der Waals surface area contributed by atoms with Crippen LogP contribution in [0.1, 0.15) is 6.92 Å². The summed E-state index contributed by atoms with van der Waals surface area (Å²) in [5.74, 6) is 0.222. The molecule has 1 unspecified atom stereocenters. The molecular formula is C2H5O2SV-. The van der Waals surface area contributed by atoms with Gasteiger partial charge in [-0.15, -0.1) is 0 Å². The van der Waals surface area contributed by atoms with Crippen molar-refractivity contribution in [2.24, 2.45) is 0 Å². The van der Waals surface area contributed by atoms with Crippen LogP contribution in [0.4, 0.5) is 0 Å². The summed E-state index contributed by atoms with van der Waals surface area (Å²) in [7, 11) is 0. The predicted molar refractivity (Wildman–Crippen MR) is 19.5 cm³/mol. The van der Waals surface area contributed by atoms with Crippen molar-refractivity contribution in [2.45, 2.75) is 6.92 Å². The van der Waals surface area contributed by atoms with Crippen molar-refractivity contribution in [3.05, 3.63) is 0 Å². The fourth-order valence-corrected chi connectivity index (χ4v) is 0. The largest absolute Gasteiger partial charge is 0.772 e. The Balaban J connectivity index is 0. The van der Waals surface area contributed by atoms with Gasteiger partial charge in [0.25, 0.3) is 0 Å². The molecule has 0 fully saturated rings. The molecule has 6 heavy (non-hydrogen) atoms. The third-order valence-corrected chi connectivity index (χ3v) is 0.707. The van der Waals surface area contributed by atoms with Gasteiger partial charge >= 0.3 is 0 Å². The predicted octanol–water partition coefficient (Wildman–Crippen LogP) is -0.117. The third-order valence-electron chi connectivity index (χ3n) is 0.236. The SMILES string of the molecule is CCS(=O)[O-].[V]. The van der Waals surface area contributed by atoms with Gasteiger partial charge in [-0.05, 0) is 0 Å². The maximum Gasteiger partial charge on any atom is 0.00731 e. The molecule has 0 heterocycles. The fourth-order valence-electron chi connectivity index (χ4n) is 0. The molecule has 0 spiro atoms. The first-order valence-electron chi connectivity index (χ1n) is 1.33. The van der Waals surface area contributed by atoms with E-state index in [0.29, 0.717) is 0 Å². The van der Waals surface area contributed by atoms with E-state index in [-0.39, 0.29) is 24.3 Å². The Labute approximate surface area is 51.5 Å². The Morgan fingerprint density at radius 1 is 1.83 bits per heavy atom. The van der Waals surface area contributed by atoms with Crippen LogP contribution in [0, 0.1) is 0 Å². The summed E-state index contributed by atoms with van der Waals surface area (Å²) in [6.45, 7) is 1.59. The number of hydrogen-bond donors (Lipinski definition) is 0. The first-order valence-corrected chi connectivity index (χ1v) is 2.57. The molecule has 1 radical (unpaired) electrons. The zero-order valence-corrected chi connectivity index (χ0v) is 5.59. The Morgan fingerprint density at radius 2 is 2.00 bits per heavy atom. The van der Waals surface area contributed by atoms with Crippen LogP contribution in [-0.2, 0) is 29.6 Å². The molecular weight excluding hydrogens is 139 g/mol. The minimum atomic E-state index is -1.82. The van der Waals surface area contributed by atoms with Crippen LogP contribution in [0.25, 0.3) is 0 Å². The monoisotopic (exact) mass is 144 g/mol. The number of hydrogen-bond acceptors (Lipinski definition) is 2. The molecule has 0 aliphatic heterocycles. The maximum atomic E-state index is 9.37. The van der Waals surface area contributed by atoms with Crippen molar-refractivity contribution in [1.82, 2.24) is 0 Å². The van der Waals surface area contributed by atoms with Crippen LogP contribution in [-0.4, -0.2) is 14.5 Å². The smallest absolute Gasteiger partial charge is 0.00731 e. The van der Waals surface area contributed by atoms with Gasteiger partial charge in [0.15, 0.2) is 0 Å². The molecule has 0 bridgehead atoms. The van der Waals surface area contributed by atoms with Gasteiger partial charge in [0.1, 0.15) is 0 Å². The quantitative estimate of drug-likeness (QED) is 0.481. The van der Waals surface area contributed by atoms with Gasteiger partial charge in [-0.2, -0.15) is 0 Å². The summed E-state index contributed by atoms with van der Waals surface area (Å²) >= 11 is -1.82. The zero-order valence-electron chi connectivity index (χ0n) is 3.38. The van der Waals surface area contributed by atoms with Crippen LogP contribution < -0.4 is 0 Å². The van der Waals surface area contributed by atoms with Gasteiger partial charge in [-0.3, -0.25) is 4.21 Å². The first kappa shape index (κ1) is 9.85. The van der Waals surface area contributed by atoms with E-state index in [1.54, 1.807) is 6.92 Å². The second-order valence-corrected chi connectivity index (χ2v) is 1.78. The van der Waals surface area contributed by atoms with Crippen molar-refractivity contribution in [1.29, 1.82) is 0 Å². The van der Waals surface area contributed by atoms with Gasteiger partial charge in [0, 0.05) is 24.3 Å². The van der Waals surface area contributed by atoms with E-state index < -0.39 is 11.1 Å². The first-order chi connectivity index (χ1) is 2.27. The molecule has 0 saturated carbocycles. The van der Waals surface area contributed by atoms with Crippen molar-refractivity contribution in [2.75, 3.05) is 5.75 Å². The minimum Gasteiger partial charge on any atom is -0.772 e. The Kier molecular flexibility index (Phi) is 9.35. The van der Waals surface area contributed by atoms with E-state index in [1.807, 2.05) is 0 Å². The van der Waals surface area contributed by atoms with Crippen LogP contribution in [0.15, 0.2) is 0 Å². The molecule has 0 aliphatic carbocycles. The summed E-state index contributed by atoms with van der Waals surface area (Å²) in [6, 6.07) is 0. The molecule has 0 aromatic heterocycles. The van der Waals surface area contributed by atoms with Crippen molar-refractivity contribution in [3.63, 3.8) is 0 Å². The van der Waals surface area contributed by atoms with E-state index in [4.69, 9.17) is 0 Å². The third kappa shape index (κ3) is 8.83. The van der Waals surface area contributed by atoms with Crippen molar-refractivity contribution in [3.8, 4) is 0 Å². The summed E-state index contributed by atoms with van der Waals surface area (Å²) < 4.78 is 18.7. The molecule has 0 saturated heterocycles. The fraction of sp³-hybridized carbons (Fsp3) is 1.00. The van der Waals surface area contributed by atoms with Crippen LogP contribution >= 0.6 is 0 Å². The van der Waals surface area contributed by atoms with Gasteiger partial charge in [0.2, 0.25) is 0 Å². The van der Waals surface area contributed by atoms with Crippen LogP contribution in [0.2, 0.25) is 0 Å². The Morgan fingerprint density at radius 3 is 2.00 bits per heavy atom. The van der Waals surface area contributed by atoms with Crippen LogP contribution in [0.3, 0.4) is 0 Å². The second-order valence-electron chi connectivity index (χ2n) is 0.592. The summed E-state index contributed by atoms with van der Waals surface area (Å²) in [5.41, 5.74) is 0. The Bertz CT molecular complexity index is 46.8. The molecule has 0 aliphatic rings. The minimum absolute atomic E-state index is 0. The van der Waals surface area contributed by atoms with E-state index in [1.165, 1.54) is 0 Å². The summed E-state index contributed by atoms with van der Waals surface area (Å²) in [6.07, 6.45) is 0. The van der Waals surface area contributed by atoms with Crippen molar-refractivity contribution < 1.29 is 27.3 Å². The van der Waals surface area contributed by atoms with E-state index >= 15 is 0 Å². The van der Waals surface area contributed by atoms with E-state index in [0.717, 1.165) is 0 Å². The van der Waals surface area contributed by atoms with Gasteiger partial charge < -0.3 is 4.55 Å². The zero-order chi connectivity index (χ0) is 4.28. The van der Waals surface area contributed by atoms with Crippen LogP contribution in [0.5, 0.6) is 0 Å². The molecule has 37 valence electrons. The van der Waals surface area contributed by atoms with E-state index in [9.17, 15) is 8.76 Å². The average Bonchev–Trinajstić information content (AvgIpc) is 1.38. The van der Waals surface area contributed by atoms with Gasteiger partial charge in [-0.25, -0.2) is 0 Å². The standard InChI is InChI=1S/C2H6O2S.V/c1-2-5(3)4;/h2H2,1H3,(H,3,4);/p-1. The number of rotatable bonds is 1. The molecule has 0 amide bonds. The molecule has 0 rings (SSSR count). The molecule has 0 aromatic rings.